The Balaban J connectivity index is 1.49. The maximum absolute atomic E-state index is 14.1. The van der Waals surface area contributed by atoms with Crippen molar-refractivity contribution in [1.82, 2.24) is 19.7 Å². The highest BCUT2D eigenvalue weighted by Gasteiger charge is 2.13. The van der Waals surface area contributed by atoms with Crippen LogP contribution in [0.4, 0.5) is 14.5 Å². The van der Waals surface area contributed by atoms with Gasteiger partial charge in [-0.3, -0.25) is 9.40 Å². The molecule has 2 N–H and O–H groups in total. The number of fused-ring (bicyclic) bond motifs is 1. The Kier molecular flexibility index (Phi) is 5.37. The average molecular weight is 480 g/mol. The number of H-pyrrole nitrogens is 1. The van der Waals surface area contributed by atoms with Crippen molar-refractivity contribution < 1.29 is 17.2 Å². The van der Waals surface area contributed by atoms with Gasteiger partial charge in [0.2, 0.25) is 10.0 Å². The maximum Gasteiger partial charge on any atom is 0.229 e. The van der Waals surface area contributed by atoms with Crippen LogP contribution in [0.15, 0.2) is 73.3 Å². The van der Waals surface area contributed by atoms with Crippen molar-refractivity contribution >= 4 is 26.7 Å². The number of anilines is 1. The largest absolute Gasteiger partial charge is 0.346 e. The van der Waals surface area contributed by atoms with Crippen LogP contribution in [-0.2, 0) is 16.6 Å². The number of halogens is 2. The van der Waals surface area contributed by atoms with Gasteiger partial charge < -0.3 is 4.98 Å². The monoisotopic (exact) mass is 479 g/mol. The molecule has 0 spiro atoms. The highest BCUT2D eigenvalue weighted by Crippen LogP contribution is 2.32. The van der Waals surface area contributed by atoms with Crippen LogP contribution >= 0.6 is 0 Å². The van der Waals surface area contributed by atoms with Crippen LogP contribution in [0.5, 0.6) is 0 Å². The Morgan fingerprint density at radius 1 is 1.03 bits per heavy atom. The number of benzene rings is 2. The van der Waals surface area contributed by atoms with Gasteiger partial charge in [-0.15, -0.1) is 0 Å². The first-order valence-corrected chi connectivity index (χ1v) is 12.2. The van der Waals surface area contributed by atoms with E-state index in [1.165, 1.54) is 24.3 Å². The predicted octanol–water partition coefficient (Wildman–Crippen LogP) is 4.79. The van der Waals surface area contributed by atoms with E-state index in [4.69, 9.17) is 0 Å². The molecule has 7 nitrogen and oxygen atoms in total. The van der Waals surface area contributed by atoms with E-state index in [0.717, 1.165) is 28.3 Å². The molecule has 34 heavy (non-hydrogen) atoms. The highest BCUT2D eigenvalue weighted by atomic mass is 32.2. The van der Waals surface area contributed by atoms with Crippen LogP contribution in [0.3, 0.4) is 0 Å². The molecule has 0 saturated carbocycles. The molecule has 172 valence electrons. The molecule has 0 saturated heterocycles. The number of hydrogen-bond acceptors (Lipinski definition) is 4. The van der Waals surface area contributed by atoms with E-state index in [1.807, 2.05) is 24.5 Å². The lowest BCUT2D eigenvalue weighted by Crippen LogP contribution is -2.10. The lowest BCUT2D eigenvalue weighted by atomic mass is 10.0. The number of pyridine rings is 1. The van der Waals surface area contributed by atoms with Gasteiger partial charge in [0.15, 0.2) is 0 Å². The first-order chi connectivity index (χ1) is 16.2. The Morgan fingerprint density at radius 2 is 1.88 bits per heavy atom. The summed E-state index contributed by atoms with van der Waals surface area (Å²) in [6.45, 7) is 0.426. The zero-order valence-corrected chi connectivity index (χ0v) is 18.8. The van der Waals surface area contributed by atoms with Gasteiger partial charge in [0.25, 0.3) is 0 Å². The SMILES string of the molecule is CS(=O)(=O)Nc1cc(-c2cnc3[nH]cc(-c4cnn(Cc5cccc(F)c5)c4)c3c2)ccc1F. The van der Waals surface area contributed by atoms with Crippen molar-refractivity contribution in [2.75, 3.05) is 11.0 Å². The highest BCUT2D eigenvalue weighted by molar-refractivity contribution is 7.92. The standard InChI is InChI=1S/C24H19F2N5O2S/c1-34(32,33)30-23-9-16(5-6-22(23)26)17-8-20-21(12-28-24(20)27-10-17)18-11-29-31(14-18)13-15-3-2-4-19(25)7-15/h2-12,14,30H,13H2,1H3,(H,27,28). The summed E-state index contributed by atoms with van der Waals surface area (Å²) in [6.07, 6.45) is 8.01. The van der Waals surface area contributed by atoms with Gasteiger partial charge in [-0.05, 0) is 41.5 Å². The fourth-order valence-electron chi connectivity index (χ4n) is 3.79. The second-order valence-electron chi connectivity index (χ2n) is 7.95. The number of nitrogens with one attached hydrogen (secondary N) is 2. The molecule has 2 aromatic carbocycles. The summed E-state index contributed by atoms with van der Waals surface area (Å²) in [5, 5.41) is 5.22. The molecule has 0 radical (unpaired) electrons. The quantitative estimate of drug-likeness (QED) is 0.366. The Morgan fingerprint density at radius 3 is 2.68 bits per heavy atom. The van der Waals surface area contributed by atoms with Gasteiger partial charge in [0.1, 0.15) is 17.3 Å². The van der Waals surface area contributed by atoms with Crippen molar-refractivity contribution in [3.05, 3.63) is 90.5 Å². The minimum atomic E-state index is -3.63. The Labute approximate surface area is 194 Å². The third kappa shape index (κ3) is 4.53. The number of rotatable bonds is 6. The lowest BCUT2D eigenvalue weighted by Gasteiger charge is -2.08. The molecule has 0 atom stereocenters. The van der Waals surface area contributed by atoms with Gasteiger partial charge in [-0.25, -0.2) is 22.2 Å². The molecule has 0 fully saturated rings. The Bertz CT molecular complexity index is 1630. The molecule has 0 unspecified atom stereocenters. The fourth-order valence-corrected chi connectivity index (χ4v) is 4.35. The molecule has 10 heteroatoms. The number of aromatic nitrogens is 4. The number of aromatic amines is 1. The van der Waals surface area contributed by atoms with E-state index < -0.39 is 15.8 Å². The lowest BCUT2D eigenvalue weighted by molar-refractivity contribution is 0.603. The summed E-state index contributed by atoms with van der Waals surface area (Å²) in [7, 11) is -3.63. The maximum atomic E-state index is 14.1. The van der Waals surface area contributed by atoms with Crippen molar-refractivity contribution in [2.45, 2.75) is 6.54 Å². The second kappa shape index (κ2) is 8.38. The van der Waals surface area contributed by atoms with E-state index in [1.54, 1.807) is 29.2 Å². The third-order valence-electron chi connectivity index (χ3n) is 5.30. The predicted molar refractivity (Wildman–Crippen MR) is 127 cm³/mol. The van der Waals surface area contributed by atoms with Crippen molar-refractivity contribution in [3.63, 3.8) is 0 Å². The summed E-state index contributed by atoms with van der Waals surface area (Å²) >= 11 is 0. The summed E-state index contributed by atoms with van der Waals surface area (Å²) in [6, 6.07) is 12.5. The van der Waals surface area contributed by atoms with Crippen LogP contribution in [0.1, 0.15) is 5.56 Å². The van der Waals surface area contributed by atoms with E-state index in [9.17, 15) is 17.2 Å². The minimum absolute atomic E-state index is 0.131. The number of sulfonamides is 1. The molecule has 3 heterocycles. The molecule has 0 bridgehead atoms. The summed E-state index contributed by atoms with van der Waals surface area (Å²) < 4.78 is 54.6. The smallest absolute Gasteiger partial charge is 0.229 e. The van der Waals surface area contributed by atoms with Gasteiger partial charge >= 0.3 is 0 Å². The molecular weight excluding hydrogens is 460 g/mol. The average Bonchev–Trinajstić information content (AvgIpc) is 3.40. The second-order valence-corrected chi connectivity index (χ2v) is 9.70. The van der Waals surface area contributed by atoms with Crippen molar-refractivity contribution in [2.24, 2.45) is 0 Å². The van der Waals surface area contributed by atoms with Gasteiger partial charge in [-0.1, -0.05) is 18.2 Å². The summed E-state index contributed by atoms with van der Waals surface area (Å²) in [5.41, 5.74) is 4.34. The normalized spacial score (nSPS) is 11.7. The van der Waals surface area contributed by atoms with Gasteiger partial charge in [0, 0.05) is 40.7 Å². The number of nitrogens with zero attached hydrogens (tertiary/aromatic N) is 3. The van der Waals surface area contributed by atoms with Crippen molar-refractivity contribution in [3.8, 4) is 22.3 Å². The molecular formula is C24H19F2N5O2S. The molecule has 0 aliphatic heterocycles. The van der Waals surface area contributed by atoms with Gasteiger partial charge in [0.05, 0.1) is 24.7 Å². The first kappa shape index (κ1) is 21.8. The minimum Gasteiger partial charge on any atom is -0.346 e. The molecule has 0 amide bonds. The van der Waals surface area contributed by atoms with Crippen LogP contribution < -0.4 is 4.72 Å². The molecule has 0 aliphatic rings. The van der Waals surface area contributed by atoms with Crippen LogP contribution in [0.25, 0.3) is 33.3 Å². The number of hydrogen-bond donors (Lipinski definition) is 2. The summed E-state index contributed by atoms with van der Waals surface area (Å²) in [4.78, 5) is 7.59. The molecule has 5 aromatic rings. The van der Waals surface area contributed by atoms with E-state index in [2.05, 4.69) is 19.8 Å². The fraction of sp³-hybridized carbons (Fsp3) is 0.0833. The topological polar surface area (TPSA) is 92.7 Å². The molecule has 5 rings (SSSR count). The third-order valence-corrected chi connectivity index (χ3v) is 5.89. The van der Waals surface area contributed by atoms with Gasteiger partial charge in [-0.2, -0.15) is 5.10 Å². The van der Waals surface area contributed by atoms with E-state index in [-0.39, 0.29) is 11.5 Å². The van der Waals surface area contributed by atoms with Crippen molar-refractivity contribution in [1.29, 1.82) is 0 Å². The van der Waals surface area contributed by atoms with Crippen LogP contribution in [0, 0.1) is 11.6 Å². The van der Waals surface area contributed by atoms with Crippen LogP contribution in [0.2, 0.25) is 0 Å². The van der Waals surface area contributed by atoms with E-state index in [0.29, 0.717) is 23.3 Å². The summed E-state index contributed by atoms with van der Waals surface area (Å²) in [5.74, 6) is -0.966. The zero-order valence-electron chi connectivity index (χ0n) is 18.0. The van der Waals surface area contributed by atoms with Crippen LogP contribution in [-0.4, -0.2) is 34.4 Å². The van der Waals surface area contributed by atoms with E-state index >= 15 is 0 Å². The zero-order chi connectivity index (χ0) is 23.9. The molecule has 3 aromatic heterocycles. The molecule has 0 aliphatic carbocycles. The first-order valence-electron chi connectivity index (χ1n) is 10.3. The Hall–Kier alpha value is -4.05.